The number of benzene rings is 1. The van der Waals surface area contributed by atoms with Crippen molar-refractivity contribution >= 4 is 5.91 Å². The molecule has 2 rings (SSSR count). The molecule has 2 N–H and O–H groups in total. The van der Waals surface area contributed by atoms with Crippen molar-refractivity contribution in [1.82, 2.24) is 4.90 Å². The molecule has 0 spiro atoms. The number of carbonyl (C=O) groups excluding carboxylic acids is 1. The number of likely N-dealkylation sites (tertiary alicyclic amines) is 1. The van der Waals surface area contributed by atoms with Gasteiger partial charge < -0.3 is 10.6 Å². The van der Waals surface area contributed by atoms with E-state index in [1.807, 2.05) is 11.0 Å². The van der Waals surface area contributed by atoms with E-state index in [0.29, 0.717) is 11.8 Å². The van der Waals surface area contributed by atoms with Gasteiger partial charge in [0.05, 0.1) is 6.04 Å². The summed E-state index contributed by atoms with van der Waals surface area (Å²) in [6.07, 6.45) is 2.87. The molecule has 1 fully saturated rings. The van der Waals surface area contributed by atoms with Gasteiger partial charge in [0, 0.05) is 13.1 Å². The second kappa shape index (κ2) is 6.89. The van der Waals surface area contributed by atoms with Gasteiger partial charge in [-0.15, -0.1) is 0 Å². The largest absolute Gasteiger partial charge is 0.341 e. The normalized spacial score (nSPS) is 18.3. The molecular formula is C17H26N2O. The number of piperidine rings is 1. The predicted molar refractivity (Wildman–Crippen MR) is 82.4 cm³/mol. The van der Waals surface area contributed by atoms with Gasteiger partial charge in [0.1, 0.15) is 0 Å². The zero-order valence-electron chi connectivity index (χ0n) is 12.6. The lowest BCUT2D eigenvalue weighted by Crippen LogP contribution is -2.47. The number of hydrogen-bond acceptors (Lipinski definition) is 2. The summed E-state index contributed by atoms with van der Waals surface area (Å²) in [5.41, 5.74) is 7.40. The van der Waals surface area contributed by atoms with Crippen molar-refractivity contribution in [2.24, 2.45) is 11.7 Å². The molecule has 1 aromatic rings. The van der Waals surface area contributed by atoms with Gasteiger partial charge in [0.25, 0.3) is 0 Å². The summed E-state index contributed by atoms with van der Waals surface area (Å²) < 4.78 is 0. The molecule has 1 aromatic carbocycles. The molecule has 3 nitrogen and oxygen atoms in total. The first-order valence-electron chi connectivity index (χ1n) is 7.67. The van der Waals surface area contributed by atoms with Crippen molar-refractivity contribution in [3.63, 3.8) is 0 Å². The Hall–Kier alpha value is -1.35. The Morgan fingerprint density at radius 1 is 1.25 bits per heavy atom. The molecule has 1 amide bonds. The Labute approximate surface area is 122 Å². The van der Waals surface area contributed by atoms with E-state index in [0.717, 1.165) is 32.4 Å². The van der Waals surface area contributed by atoms with Crippen molar-refractivity contribution < 1.29 is 4.79 Å². The van der Waals surface area contributed by atoms with E-state index < -0.39 is 0 Å². The smallest absolute Gasteiger partial charge is 0.239 e. The molecule has 0 saturated carbocycles. The van der Waals surface area contributed by atoms with Crippen LogP contribution in [0.15, 0.2) is 30.3 Å². The van der Waals surface area contributed by atoms with Gasteiger partial charge in [-0.2, -0.15) is 0 Å². The summed E-state index contributed by atoms with van der Waals surface area (Å²) in [7, 11) is 0. The van der Waals surface area contributed by atoms with Crippen molar-refractivity contribution in [2.45, 2.75) is 45.1 Å². The van der Waals surface area contributed by atoms with Gasteiger partial charge in [-0.05, 0) is 36.7 Å². The minimum absolute atomic E-state index is 0.130. The van der Waals surface area contributed by atoms with Gasteiger partial charge in [0.15, 0.2) is 0 Å². The number of nitrogens with two attached hydrogens (primary N) is 1. The standard InChI is InChI=1S/C17H26N2O/c1-13(2)12-16(18)17(20)19-10-8-15(9-11-19)14-6-4-3-5-7-14/h3-7,13,15-16H,8-12,18H2,1-2H3/t16-/m1/s1. The van der Waals surface area contributed by atoms with E-state index in [4.69, 9.17) is 5.73 Å². The van der Waals surface area contributed by atoms with E-state index in [1.165, 1.54) is 5.56 Å². The van der Waals surface area contributed by atoms with E-state index in [-0.39, 0.29) is 11.9 Å². The average molecular weight is 274 g/mol. The van der Waals surface area contributed by atoms with Crippen LogP contribution in [0.25, 0.3) is 0 Å². The summed E-state index contributed by atoms with van der Waals surface area (Å²) in [6.45, 7) is 5.89. The number of hydrogen-bond donors (Lipinski definition) is 1. The Kier molecular flexibility index (Phi) is 5.18. The summed E-state index contributed by atoms with van der Waals surface area (Å²) in [4.78, 5) is 14.2. The van der Waals surface area contributed by atoms with Gasteiger partial charge >= 0.3 is 0 Å². The van der Waals surface area contributed by atoms with Gasteiger partial charge in [-0.3, -0.25) is 4.79 Å². The highest BCUT2D eigenvalue weighted by atomic mass is 16.2. The summed E-state index contributed by atoms with van der Waals surface area (Å²) in [5.74, 6) is 1.18. The minimum Gasteiger partial charge on any atom is -0.341 e. The van der Waals surface area contributed by atoms with Crippen LogP contribution >= 0.6 is 0 Å². The third kappa shape index (κ3) is 3.83. The maximum Gasteiger partial charge on any atom is 0.239 e. The maximum absolute atomic E-state index is 12.3. The molecule has 1 heterocycles. The molecule has 0 bridgehead atoms. The van der Waals surface area contributed by atoms with Crippen LogP contribution in [0.4, 0.5) is 0 Å². The zero-order valence-corrected chi connectivity index (χ0v) is 12.6. The molecule has 1 aliphatic rings. The summed E-state index contributed by atoms with van der Waals surface area (Å²) in [5, 5.41) is 0. The van der Waals surface area contributed by atoms with Crippen LogP contribution in [0.2, 0.25) is 0 Å². The van der Waals surface area contributed by atoms with Crippen LogP contribution in [0.5, 0.6) is 0 Å². The van der Waals surface area contributed by atoms with Crippen molar-refractivity contribution in [2.75, 3.05) is 13.1 Å². The van der Waals surface area contributed by atoms with Gasteiger partial charge in [0.2, 0.25) is 5.91 Å². The van der Waals surface area contributed by atoms with Crippen LogP contribution in [-0.4, -0.2) is 29.9 Å². The Morgan fingerprint density at radius 2 is 1.85 bits per heavy atom. The molecule has 20 heavy (non-hydrogen) atoms. The van der Waals surface area contributed by atoms with Crippen LogP contribution in [0.1, 0.15) is 44.6 Å². The fourth-order valence-corrected chi connectivity index (χ4v) is 3.00. The lowest BCUT2D eigenvalue weighted by Gasteiger charge is -2.34. The fourth-order valence-electron chi connectivity index (χ4n) is 3.00. The van der Waals surface area contributed by atoms with Crippen molar-refractivity contribution in [3.05, 3.63) is 35.9 Å². The molecule has 1 saturated heterocycles. The summed E-state index contributed by atoms with van der Waals surface area (Å²) >= 11 is 0. The van der Waals surface area contributed by atoms with Crippen LogP contribution in [0.3, 0.4) is 0 Å². The molecule has 1 aliphatic heterocycles. The lowest BCUT2D eigenvalue weighted by molar-refractivity contribution is -0.134. The maximum atomic E-state index is 12.3. The van der Waals surface area contributed by atoms with E-state index >= 15 is 0 Å². The molecule has 0 aliphatic carbocycles. The van der Waals surface area contributed by atoms with Gasteiger partial charge in [-0.1, -0.05) is 44.2 Å². The van der Waals surface area contributed by atoms with Crippen molar-refractivity contribution in [1.29, 1.82) is 0 Å². The Bertz CT molecular complexity index is 422. The molecule has 1 atom stereocenters. The quantitative estimate of drug-likeness (QED) is 0.917. The molecule has 3 heteroatoms. The Balaban J connectivity index is 1.86. The van der Waals surface area contributed by atoms with Crippen LogP contribution in [0, 0.1) is 5.92 Å². The van der Waals surface area contributed by atoms with Crippen LogP contribution < -0.4 is 5.73 Å². The molecule has 0 radical (unpaired) electrons. The van der Waals surface area contributed by atoms with Crippen LogP contribution in [-0.2, 0) is 4.79 Å². The first-order valence-corrected chi connectivity index (χ1v) is 7.67. The molecule has 0 unspecified atom stereocenters. The summed E-state index contributed by atoms with van der Waals surface area (Å²) in [6, 6.07) is 10.3. The topological polar surface area (TPSA) is 46.3 Å². The van der Waals surface area contributed by atoms with E-state index in [1.54, 1.807) is 0 Å². The highest BCUT2D eigenvalue weighted by Crippen LogP contribution is 2.28. The molecular weight excluding hydrogens is 248 g/mol. The number of amides is 1. The monoisotopic (exact) mass is 274 g/mol. The number of rotatable bonds is 4. The first kappa shape index (κ1) is 15.0. The first-order chi connectivity index (χ1) is 9.58. The SMILES string of the molecule is CC(C)C[C@@H](N)C(=O)N1CCC(c2ccccc2)CC1. The number of nitrogens with zero attached hydrogens (tertiary/aromatic N) is 1. The highest BCUT2D eigenvalue weighted by Gasteiger charge is 2.27. The van der Waals surface area contributed by atoms with Crippen molar-refractivity contribution in [3.8, 4) is 0 Å². The average Bonchev–Trinajstić information content (AvgIpc) is 2.47. The van der Waals surface area contributed by atoms with E-state index in [2.05, 4.69) is 38.1 Å². The molecule has 0 aromatic heterocycles. The predicted octanol–water partition coefficient (Wildman–Crippen LogP) is 2.77. The van der Waals surface area contributed by atoms with E-state index in [9.17, 15) is 4.79 Å². The fraction of sp³-hybridized carbons (Fsp3) is 0.588. The second-order valence-electron chi connectivity index (χ2n) is 6.25. The Morgan fingerprint density at radius 3 is 2.40 bits per heavy atom. The third-order valence-corrected chi connectivity index (χ3v) is 4.12. The lowest BCUT2D eigenvalue weighted by atomic mass is 9.89. The third-order valence-electron chi connectivity index (χ3n) is 4.12. The minimum atomic E-state index is -0.330. The second-order valence-corrected chi connectivity index (χ2v) is 6.25. The van der Waals surface area contributed by atoms with Gasteiger partial charge in [-0.25, -0.2) is 0 Å². The zero-order chi connectivity index (χ0) is 14.5. The molecule has 110 valence electrons. The highest BCUT2D eigenvalue weighted by molar-refractivity contribution is 5.81. The number of carbonyl (C=O) groups is 1.